The van der Waals surface area contributed by atoms with Gasteiger partial charge in [0.2, 0.25) is 5.91 Å². The topological polar surface area (TPSA) is 41.1 Å². The van der Waals surface area contributed by atoms with Crippen molar-refractivity contribution in [1.29, 1.82) is 0 Å². The van der Waals surface area contributed by atoms with Crippen LogP contribution in [0.15, 0.2) is 30.3 Å². The number of carbonyl (C=O) groups excluding carboxylic acids is 1. The van der Waals surface area contributed by atoms with Gasteiger partial charge in [0.1, 0.15) is 0 Å². The third-order valence-corrected chi connectivity index (χ3v) is 3.17. The van der Waals surface area contributed by atoms with Gasteiger partial charge in [-0.1, -0.05) is 30.3 Å². The molecule has 1 amide bonds. The molecule has 1 aliphatic carbocycles. The van der Waals surface area contributed by atoms with Gasteiger partial charge in [-0.2, -0.15) is 0 Å². The summed E-state index contributed by atoms with van der Waals surface area (Å²) in [7, 11) is 0. The van der Waals surface area contributed by atoms with Crippen LogP contribution in [-0.4, -0.2) is 25.0 Å². The van der Waals surface area contributed by atoms with Crippen molar-refractivity contribution in [2.24, 2.45) is 0 Å². The average molecular weight is 246 g/mol. The highest BCUT2D eigenvalue weighted by Gasteiger charge is 2.19. The van der Waals surface area contributed by atoms with Crippen LogP contribution in [0.1, 0.15) is 31.2 Å². The zero-order chi connectivity index (χ0) is 12.6. The molecule has 0 bridgehead atoms. The summed E-state index contributed by atoms with van der Waals surface area (Å²) in [5.41, 5.74) is 1.23. The van der Waals surface area contributed by atoms with Gasteiger partial charge in [0.15, 0.2) is 0 Å². The van der Waals surface area contributed by atoms with Crippen LogP contribution in [0.4, 0.5) is 0 Å². The third-order valence-electron chi connectivity index (χ3n) is 3.17. The van der Waals surface area contributed by atoms with Crippen molar-refractivity contribution in [3.63, 3.8) is 0 Å². The normalized spacial score (nSPS) is 14.4. The van der Waals surface area contributed by atoms with Gasteiger partial charge < -0.3 is 10.6 Å². The minimum atomic E-state index is 0.158. The fourth-order valence-corrected chi connectivity index (χ4v) is 1.90. The van der Waals surface area contributed by atoms with E-state index in [0.717, 1.165) is 32.0 Å². The fourth-order valence-electron chi connectivity index (χ4n) is 1.90. The molecule has 0 heterocycles. The second-order valence-electron chi connectivity index (χ2n) is 4.92. The molecule has 0 atom stereocenters. The van der Waals surface area contributed by atoms with Crippen molar-refractivity contribution in [2.75, 3.05) is 13.1 Å². The van der Waals surface area contributed by atoms with Gasteiger partial charge >= 0.3 is 0 Å². The number of hydrogen-bond acceptors (Lipinski definition) is 2. The Hall–Kier alpha value is -1.35. The predicted molar refractivity (Wildman–Crippen MR) is 73.4 cm³/mol. The molecule has 1 fully saturated rings. The van der Waals surface area contributed by atoms with E-state index in [0.29, 0.717) is 6.42 Å². The quantitative estimate of drug-likeness (QED) is 0.688. The van der Waals surface area contributed by atoms with Gasteiger partial charge in [-0.25, -0.2) is 0 Å². The van der Waals surface area contributed by atoms with E-state index in [9.17, 15) is 4.79 Å². The van der Waals surface area contributed by atoms with Gasteiger partial charge in [0.05, 0.1) is 0 Å². The lowest BCUT2D eigenvalue weighted by Crippen LogP contribution is -2.28. The maximum absolute atomic E-state index is 11.6. The van der Waals surface area contributed by atoms with Crippen molar-refractivity contribution < 1.29 is 4.79 Å². The Kier molecular flexibility index (Phi) is 5.21. The van der Waals surface area contributed by atoms with Crippen LogP contribution in [-0.2, 0) is 11.2 Å². The van der Waals surface area contributed by atoms with Crippen molar-refractivity contribution in [2.45, 2.75) is 38.1 Å². The molecule has 18 heavy (non-hydrogen) atoms. The van der Waals surface area contributed by atoms with E-state index in [2.05, 4.69) is 22.8 Å². The van der Waals surface area contributed by atoms with E-state index in [1.807, 2.05) is 18.2 Å². The average Bonchev–Trinajstić information content (AvgIpc) is 3.21. The Morgan fingerprint density at radius 1 is 1.17 bits per heavy atom. The maximum atomic E-state index is 11.6. The van der Waals surface area contributed by atoms with Gasteiger partial charge in [0.25, 0.3) is 0 Å². The largest absolute Gasteiger partial charge is 0.356 e. The van der Waals surface area contributed by atoms with Gasteiger partial charge in [-0.3, -0.25) is 4.79 Å². The summed E-state index contributed by atoms with van der Waals surface area (Å²) in [6.45, 7) is 1.80. The molecular weight excluding hydrogens is 224 g/mol. The van der Waals surface area contributed by atoms with E-state index in [1.54, 1.807) is 0 Å². The van der Waals surface area contributed by atoms with Crippen LogP contribution in [0.25, 0.3) is 0 Å². The summed E-state index contributed by atoms with van der Waals surface area (Å²) >= 11 is 0. The Morgan fingerprint density at radius 3 is 2.67 bits per heavy atom. The Morgan fingerprint density at radius 2 is 1.94 bits per heavy atom. The molecule has 0 aromatic heterocycles. The Bertz CT molecular complexity index is 360. The lowest BCUT2D eigenvalue weighted by molar-refractivity contribution is -0.121. The first-order chi connectivity index (χ1) is 8.84. The van der Waals surface area contributed by atoms with Crippen LogP contribution < -0.4 is 10.6 Å². The lowest BCUT2D eigenvalue weighted by Gasteiger charge is -2.06. The summed E-state index contributed by atoms with van der Waals surface area (Å²) in [4.78, 5) is 11.6. The first-order valence-electron chi connectivity index (χ1n) is 6.88. The van der Waals surface area contributed by atoms with Crippen molar-refractivity contribution in [1.82, 2.24) is 10.6 Å². The van der Waals surface area contributed by atoms with E-state index in [4.69, 9.17) is 0 Å². The SMILES string of the molecule is O=C(CCc1ccccc1)NCCCNC1CC1. The van der Waals surface area contributed by atoms with Gasteiger partial charge in [0, 0.05) is 19.0 Å². The predicted octanol–water partition coefficient (Wildman–Crippen LogP) is 1.88. The van der Waals surface area contributed by atoms with Crippen molar-refractivity contribution in [3.05, 3.63) is 35.9 Å². The number of aryl methyl sites for hydroxylation is 1. The molecule has 3 heteroatoms. The number of amides is 1. The van der Waals surface area contributed by atoms with Crippen LogP contribution in [0.5, 0.6) is 0 Å². The molecule has 0 radical (unpaired) electrons. The molecular formula is C15H22N2O. The summed E-state index contributed by atoms with van der Waals surface area (Å²) in [5, 5.41) is 6.40. The highest BCUT2D eigenvalue weighted by Crippen LogP contribution is 2.18. The number of rotatable bonds is 8. The highest BCUT2D eigenvalue weighted by molar-refractivity contribution is 5.76. The van der Waals surface area contributed by atoms with E-state index in [-0.39, 0.29) is 5.91 Å². The van der Waals surface area contributed by atoms with Crippen molar-refractivity contribution >= 4 is 5.91 Å². The van der Waals surface area contributed by atoms with E-state index >= 15 is 0 Å². The van der Waals surface area contributed by atoms with Gasteiger partial charge in [-0.05, 0) is 37.8 Å². The lowest BCUT2D eigenvalue weighted by atomic mass is 10.1. The first-order valence-corrected chi connectivity index (χ1v) is 6.88. The molecule has 1 aromatic carbocycles. The second kappa shape index (κ2) is 7.17. The van der Waals surface area contributed by atoms with Crippen LogP contribution in [0.3, 0.4) is 0 Å². The van der Waals surface area contributed by atoms with E-state index in [1.165, 1.54) is 18.4 Å². The molecule has 0 spiro atoms. The molecule has 1 aliphatic rings. The molecule has 2 N–H and O–H groups in total. The summed E-state index contributed by atoms with van der Waals surface area (Å²) in [6, 6.07) is 10.9. The Balaban J connectivity index is 1.49. The summed E-state index contributed by atoms with van der Waals surface area (Å²) in [5.74, 6) is 0.158. The monoisotopic (exact) mass is 246 g/mol. The number of carbonyl (C=O) groups is 1. The molecule has 0 unspecified atom stereocenters. The molecule has 0 aliphatic heterocycles. The molecule has 3 nitrogen and oxygen atoms in total. The van der Waals surface area contributed by atoms with Crippen LogP contribution in [0, 0.1) is 0 Å². The number of nitrogens with one attached hydrogen (secondary N) is 2. The highest BCUT2D eigenvalue weighted by atomic mass is 16.1. The van der Waals surface area contributed by atoms with E-state index < -0.39 is 0 Å². The number of benzene rings is 1. The summed E-state index contributed by atoms with van der Waals surface area (Å²) in [6.07, 6.45) is 5.08. The minimum absolute atomic E-state index is 0.158. The fraction of sp³-hybridized carbons (Fsp3) is 0.533. The number of hydrogen-bond donors (Lipinski definition) is 2. The maximum Gasteiger partial charge on any atom is 0.220 e. The molecule has 1 aromatic rings. The van der Waals surface area contributed by atoms with Crippen molar-refractivity contribution in [3.8, 4) is 0 Å². The van der Waals surface area contributed by atoms with Crippen LogP contribution in [0.2, 0.25) is 0 Å². The zero-order valence-electron chi connectivity index (χ0n) is 10.8. The van der Waals surface area contributed by atoms with Crippen LogP contribution >= 0.6 is 0 Å². The second-order valence-corrected chi connectivity index (χ2v) is 4.92. The minimum Gasteiger partial charge on any atom is -0.356 e. The molecule has 98 valence electrons. The Labute approximate surface area is 109 Å². The molecule has 0 saturated heterocycles. The molecule has 1 saturated carbocycles. The smallest absolute Gasteiger partial charge is 0.220 e. The van der Waals surface area contributed by atoms with Gasteiger partial charge in [-0.15, -0.1) is 0 Å². The molecule has 2 rings (SSSR count). The standard InChI is InChI=1S/C15H22N2O/c18-15(10-7-13-5-2-1-3-6-13)17-12-4-11-16-14-8-9-14/h1-3,5-6,14,16H,4,7-12H2,(H,17,18). The zero-order valence-corrected chi connectivity index (χ0v) is 10.8. The summed E-state index contributed by atoms with van der Waals surface area (Å²) < 4.78 is 0. The third kappa shape index (κ3) is 5.32. The first kappa shape index (κ1) is 13.1.